The second-order valence-corrected chi connectivity index (χ2v) is 3.75. The van der Waals surface area contributed by atoms with Gasteiger partial charge in [-0.3, -0.25) is 0 Å². The Morgan fingerprint density at radius 2 is 1.93 bits per heavy atom. The molecule has 0 aromatic heterocycles. The van der Waals surface area contributed by atoms with E-state index in [2.05, 4.69) is 61.9 Å². The molecule has 1 rings (SSSR count). The molecule has 0 atom stereocenters. The molecule has 0 radical (unpaired) electrons. The minimum absolute atomic E-state index is 0.466. The first kappa shape index (κ1) is 11.6. The van der Waals surface area contributed by atoms with Crippen LogP contribution in [0.4, 0.5) is 5.69 Å². The SMILES string of the molecule is C=CC/C=C\N(c1ccccc1)C(C)C. The Bertz CT molecular complexity index is 311. The zero-order chi connectivity index (χ0) is 11.1. The first-order chi connectivity index (χ1) is 7.25. The number of allylic oxidation sites excluding steroid dienone is 2. The van der Waals surface area contributed by atoms with Crippen molar-refractivity contribution >= 4 is 5.69 Å². The fourth-order valence-corrected chi connectivity index (χ4v) is 1.43. The van der Waals surface area contributed by atoms with Crippen LogP contribution in [-0.2, 0) is 0 Å². The van der Waals surface area contributed by atoms with Gasteiger partial charge in [-0.1, -0.05) is 30.4 Å². The van der Waals surface area contributed by atoms with Gasteiger partial charge in [-0.2, -0.15) is 0 Å². The van der Waals surface area contributed by atoms with Crippen molar-refractivity contribution in [3.8, 4) is 0 Å². The molecule has 0 unspecified atom stereocenters. The lowest BCUT2D eigenvalue weighted by atomic mass is 10.2. The van der Waals surface area contributed by atoms with Gasteiger partial charge >= 0.3 is 0 Å². The van der Waals surface area contributed by atoms with Crippen LogP contribution in [0.1, 0.15) is 20.3 Å². The highest BCUT2D eigenvalue weighted by atomic mass is 15.1. The van der Waals surface area contributed by atoms with Gasteiger partial charge in [0, 0.05) is 17.9 Å². The van der Waals surface area contributed by atoms with Crippen molar-refractivity contribution in [2.45, 2.75) is 26.3 Å². The van der Waals surface area contributed by atoms with Crippen LogP contribution in [0.5, 0.6) is 0 Å². The summed E-state index contributed by atoms with van der Waals surface area (Å²) in [6.45, 7) is 8.08. The van der Waals surface area contributed by atoms with Crippen LogP contribution >= 0.6 is 0 Å². The predicted octanol–water partition coefficient (Wildman–Crippen LogP) is 3.99. The van der Waals surface area contributed by atoms with E-state index in [4.69, 9.17) is 0 Å². The second kappa shape index (κ2) is 6.07. The van der Waals surface area contributed by atoms with E-state index in [1.165, 1.54) is 5.69 Å². The van der Waals surface area contributed by atoms with Gasteiger partial charge in [0.15, 0.2) is 0 Å². The molecule has 0 saturated heterocycles. The van der Waals surface area contributed by atoms with E-state index < -0.39 is 0 Å². The minimum atomic E-state index is 0.466. The summed E-state index contributed by atoms with van der Waals surface area (Å²) < 4.78 is 0. The van der Waals surface area contributed by atoms with Crippen LogP contribution < -0.4 is 4.90 Å². The van der Waals surface area contributed by atoms with Crippen molar-refractivity contribution in [3.63, 3.8) is 0 Å². The van der Waals surface area contributed by atoms with E-state index in [1.54, 1.807) is 0 Å². The molecule has 0 heterocycles. The summed E-state index contributed by atoms with van der Waals surface area (Å²) in [6, 6.07) is 10.9. The molecule has 0 aliphatic rings. The molecule has 0 spiro atoms. The molecule has 1 aromatic rings. The molecule has 0 bridgehead atoms. The largest absolute Gasteiger partial charge is 0.346 e. The Morgan fingerprint density at radius 3 is 2.47 bits per heavy atom. The monoisotopic (exact) mass is 201 g/mol. The highest BCUT2D eigenvalue weighted by Crippen LogP contribution is 2.16. The van der Waals surface area contributed by atoms with Crippen molar-refractivity contribution in [3.05, 3.63) is 55.3 Å². The van der Waals surface area contributed by atoms with E-state index in [-0.39, 0.29) is 0 Å². The second-order valence-electron chi connectivity index (χ2n) is 3.75. The molecule has 0 aliphatic heterocycles. The molecule has 0 aliphatic carbocycles. The molecule has 80 valence electrons. The van der Waals surface area contributed by atoms with Crippen LogP contribution in [0, 0.1) is 0 Å². The summed E-state index contributed by atoms with van der Waals surface area (Å²) in [5, 5.41) is 0. The minimum Gasteiger partial charge on any atom is -0.346 e. The number of rotatable bonds is 5. The average Bonchev–Trinajstić information content (AvgIpc) is 2.25. The van der Waals surface area contributed by atoms with Crippen LogP contribution in [0.25, 0.3) is 0 Å². The molecule has 1 heteroatoms. The summed E-state index contributed by atoms with van der Waals surface area (Å²) in [6.07, 6.45) is 7.07. The van der Waals surface area contributed by atoms with Crippen molar-refractivity contribution in [2.24, 2.45) is 0 Å². The molecule has 1 nitrogen and oxygen atoms in total. The van der Waals surface area contributed by atoms with Crippen LogP contribution in [0.2, 0.25) is 0 Å². The van der Waals surface area contributed by atoms with Crippen LogP contribution in [0.15, 0.2) is 55.3 Å². The molecular weight excluding hydrogens is 182 g/mol. The Balaban J connectivity index is 2.79. The molecule has 0 N–H and O–H groups in total. The quantitative estimate of drug-likeness (QED) is 0.651. The summed E-state index contributed by atoms with van der Waals surface area (Å²) in [4.78, 5) is 2.25. The smallest absolute Gasteiger partial charge is 0.0408 e. The van der Waals surface area contributed by atoms with E-state index >= 15 is 0 Å². The molecule has 0 amide bonds. The molecule has 15 heavy (non-hydrogen) atoms. The van der Waals surface area contributed by atoms with Gasteiger partial charge in [-0.25, -0.2) is 0 Å². The maximum absolute atomic E-state index is 3.71. The van der Waals surface area contributed by atoms with Crippen molar-refractivity contribution in [2.75, 3.05) is 4.90 Å². The van der Waals surface area contributed by atoms with Gasteiger partial charge in [0.2, 0.25) is 0 Å². The summed E-state index contributed by atoms with van der Waals surface area (Å²) in [5.74, 6) is 0. The zero-order valence-electron chi connectivity index (χ0n) is 9.56. The number of nitrogens with zero attached hydrogens (tertiary/aromatic N) is 1. The summed E-state index contributed by atoms with van der Waals surface area (Å²) in [7, 11) is 0. The summed E-state index contributed by atoms with van der Waals surface area (Å²) in [5.41, 5.74) is 1.23. The van der Waals surface area contributed by atoms with E-state index in [0.717, 1.165) is 6.42 Å². The van der Waals surface area contributed by atoms with Gasteiger partial charge in [0.1, 0.15) is 0 Å². The highest BCUT2D eigenvalue weighted by molar-refractivity contribution is 5.49. The number of anilines is 1. The van der Waals surface area contributed by atoms with Crippen molar-refractivity contribution < 1.29 is 0 Å². The van der Waals surface area contributed by atoms with Gasteiger partial charge in [0.05, 0.1) is 0 Å². The lowest BCUT2D eigenvalue weighted by Gasteiger charge is -2.24. The number of para-hydroxylation sites is 1. The Hall–Kier alpha value is -1.50. The first-order valence-corrected chi connectivity index (χ1v) is 5.36. The lowest BCUT2D eigenvalue weighted by molar-refractivity contribution is 0.781. The fraction of sp³-hybridized carbons (Fsp3) is 0.286. The highest BCUT2D eigenvalue weighted by Gasteiger charge is 2.05. The van der Waals surface area contributed by atoms with Gasteiger partial charge in [-0.05, 0) is 32.4 Å². The molecule has 0 fully saturated rings. The number of hydrogen-bond acceptors (Lipinski definition) is 1. The fourth-order valence-electron chi connectivity index (χ4n) is 1.43. The van der Waals surface area contributed by atoms with Gasteiger partial charge in [0.25, 0.3) is 0 Å². The maximum Gasteiger partial charge on any atom is 0.0408 e. The lowest BCUT2D eigenvalue weighted by Crippen LogP contribution is -2.24. The normalized spacial score (nSPS) is 10.9. The standard InChI is InChI=1S/C14H19N/c1-4-5-9-12-15(13(2)3)14-10-7-6-8-11-14/h4,6-13H,1,5H2,2-3H3/b12-9-. The topological polar surface area (TPSA) is 3.24 Å². The third-order valence-electron chi connectivity index (χ3n) is 2.18. The van der Waals surface area contributed by atoms with Gasteiger partial charge < -0.3 is 4.90 Å². The van der Waals surface area contributed by atoms with Crippen LogP contribution in [-0.4, -0.2) is 6.04 Å². The number of benzene rings is 1. The third kappa shape index (κ3) is 3.62. The Kier molecular flexibility index (Phi) is 4.69. The Labute approximate surface area is 92.7 Å². The summed E-state index contributed by atoms with van der Waals surface area (Å²) >= 11 is 0. The van der Waals surface area contributed by atoms with Crippen LogP contribution in [0.3, 0.4) is 0 Å². The maximum atomic E-state index is 3.71. The van der Waals surface area contributed by atoms with E-state index in [9.17, 15) is 0 Å². The average molecular weight is 201 g/mol. The van der Waals surface area contributed by atoms with E-state index in [0.29, 0.717) is 6.04 Å². The third-order valence-corrected chi connectivity index (χ3v) is 2.18. The van der Waals surface area contributed by atoms with E-state index in [1.807, 2.05) is 12.1 Å². The molecule has 0 saturated carbocycles. The molecule has 1 aromatic carbocycles. The zero-order valence-corrected chi connectivity index (χ0v) is 9.56. The van der Waals surface area contributed by atoms with Gasteiger partial charge in [-0.15, -0.1) is 6.58 Å². The predicted molar refractivity (Wildman–Crippen MR) is 68.0 cm³/mol. The van der Waals surface area contributed by atoms with Crippen molar-refractivity contribution in [1.82, 2.24) is 0 Å². The Morgan fingerprint density at radius 1 is 1.27 bits per heavy atom. The van der Waals surface area contributed by atoms with Crippen molar-refractivity contribution in [1.29, 1.82) is 0 Å². The first-order valence-electron chi connectivity index (χ1n) is 5.36. The molecular formula is C14H19N. The number of hydrogen-bond donors (Lipinski definition) is 0.